The molecule has 1 aliphatic heterocycles. The Hall–Kier alpha value is -3.37. The van der Waals surface area contributed by atoms with Crippen LogP contribution >= 0.6 is 0 Å². The maximum absolute atomic E-state index is 13.1. The predicted molar refractivity (Wildman–Crippen MR) is 117 cm³/mol. The van der Waals surface area contributed by atoms with E-state index >= 15 is 0 Å². The Morgan fingerprint density at radius 1 is 1.06 bits per heavy atom. The third-order valence-corrected chi connectivity index (χ3v) is 7.29. The summed E-state index contributed by atoms with van der Waals surface area (Å²) in [4.78, 5) is 24.0. The van der Waals surface area contributed by atoms with Crippen molar-refractivity contribution in [1.82, 2.24) is 14.5 Å². The number of anilines is 1. The molecule has 0 aliphatic carbocycles. The number of H-pyrrole nitrogens is 1. The van der Waals surface area contributed by atoms with E-state index in [0.29, 0.717) is 24.2 Å². The van der Waals surface area contributed by atoms with Gasteiger partial charge in [-0.3, -0.25) is 9.59 Å². The lowest BCUT2D eigenvalue weighted by atomic mass is 9.97. The number of nitrogens with one attached hydrogen (secondary N) is 2. The molecule has 4 rings (SSSR count). The van der Waals surface area contributed by atoms with Crippen LogP contribution in [-0.4, -0.2) is 41.9 Å². The molecule has 0 saturated carbocycles. The highest BCUT2D eigenvalue weighted by Gasteiger charge is 2.32. The smallest absolute Gasteiger partial charge is 0.264 e. The summed E-state index contributed by atoms with van der Waals surface area (Å²) in [7, 11) is -3.72. The Morgan fingerprint density at radius 2 is 1.78 bits per heavy atom. The molecule has 3 aromatic rings. The van der Waals surface area contributed by atoms with E-state index in [1.807, 2.05) is 6.07 Å². The summed E-state index contributed by atoms with van der Waals surface area (Å²) in [6.07, 6.45) is 0.765. The van der Waals surface area contributed by atoms with E-state index in [9.17, 15) is 22.4 Å². The zero-order valence-corrected chi connectivity index (χ0v) is 17.8. The average Bonchev–Trinajstić information content (AvgIpc) is 2.80. The molecular formula is C22H21FN4O4S. The monoisotopic (exact) mass is 456 g/mol. The first-order valence-corrected chi connectivity index (χ1v) is 11.5. The quantitative estimate of drug-likeness (QED) is 0.613. The number of aromatic nitrogens is 2. The van der Waals surface area contributed by atoms with Crippen molar-refractivity contribution in [2.45, 2.75) is 17.7 Å². The number of benzene rings is 2. The van der Waals surface area contributed by atoms with Gasteiger partial charge in [-0.2, -0.15) is 9.40 Å². The molecule has 0 spiro atoms. The molecule has 0 bridgehead atoms. The number of sulfonamides is 1. The molecule has 1 aliphatic rings. The zero-order valence-electron chi connectivity index (χ0n) is 17.0. The van der Waals surface area contributed by atoms with Crippen LogP contribution in [0.4, 0.5) is 10.1 Å². The van der Waals surface area contributed by atoms with E-state index in [2.05, 4.69) is 15.5 Å². The van der Waals surface area contributed by atoms with Gasteiger partial charge < -0.3 is 5.32 Å². The number of hydrogen-bond acceptors (Lipinski definition) is 5. The Labute approximate surface area is 184 Å². The van der Waals surface area contributed by atoms with Gasteiger partial charge in [0.15, 0.2) is 0 Å². The third kappa shape index (κ3) is 4.76. The summed E-state index contributed by atoms with van der Waals surface area (Å²) in [5.74, 6) is -1.01. The van der Waals surface area contributed by atoms with Gasteiger partial charge >= 0.3 is 0 Å². The van der Waals surface area contributed by atoms with Crippen molar-refractivity contribution in [1.29, 1.82) is 0 Å². The van der Waals surface area contributed by atoms with Crippen molar-refractivity contribution >= 4 is 21.6 Å². The lowest BCUT2D eigenvalue weighted by molar-refractivity contribution is -0.120. The van der Waals surface area contributed by atoms with Crippen LogP contribution in [-0.2, 0) is 14.8 Å². The standard InChI is InChI=1S/C22H21FN4O4S/c23-17-4-6-19(7-5-17)32(30,31)27-12-10-15(11-13-27)22(29)24-18-3-1-2-16(14-18)20-8-9-21(28)26-25-20/h1-9,14-15H,10-13H2,(H,24,29)(H,26,28). The first kappa shape index (κ1) is 21.8. The highest BCUT2D eigenvalue weighted by atomic mass is 32.2. The van der Waals surface area contributed by atoms with Gasteiger partial charge in [0.25, 0.3) is 5.56 Å². The lowest BCUT2D eigenvalue weighted by Crippen LogP contribution is -2.41. The topological polar surface area (TPSA) is 112 Å². The van der Waals surface area contributed by atoms with Crippen LogP contribution < -0.4 is 10.9 Å². The van der Waals surface area contributed by atoms with Crippen LogP contribution in [0.25, 0.3) is 11.3 Å². The summed E-state index contributed by atoms with van der Waals surface area (Å²) in [5, 5.41) is 9.24. The van der Waals surface area contributed by atoms with E-state index < -0.39 is 15.8 Å². The Bertz CT molecular complexity index is 1260. The molecule has 0 atom stereocenters. The molecule has 2 N–H and O–H groups in total. The van der Waals surface area contributed by atoms with Crippen LogP contribution in [0, 0.1) is 11.7 Å². The van der Waals surface area contributed by atoms with E-state index in [4.69, 9.17) is 0 Å². The highest BCUT2D eigenvalue weighted by molar-refractivity contribution is 7.89. The second kappa shape index (κ2) is 9.01. The molecule has 2 aromatic carbocycles. The van der Waals surface area contributed by atoms with Crippen molar-refractivity contribution in [2.75, 3.05) is 18.4 Å². The van der Waals surface area contributed by atoms with E-state index in [-0.39, 0.29) is 35.4 Å². The van der Waals surface area contributed by atoms with Crippen LogP contribution in [0.3, 0.4) is 0 Å². The molecule has 32 heavy (non-hydrogen) atoms. The van der Waals surface area contributed by atoms with Crippen molar-refractivity contribution in [3.8, 4) is 11.3 Å². The first-order valence-electron chi connectivity index (χ1n) is 10.1. The van der Waals surface area contributed by atoms with E-state index in [0.717, 1.165) is 17.7 Å². The third-order valence-electron chi connectivity index (χ3n) is 5.38. The number of carbonyl (C=O) groups excluding carboxylic acids is 1. The SMILES string of the molecule is O=C(Nc1cccc(-c2ccc(=O)[nH]n2)c1)C1CCN(S(=O)(=O)c2ccc(F)cc2)CC1. The van der Waals surface area contributed by atoms with E-state index in [1.54, 1.807) is 24.3 Å². The predicted octanol–water partition coefficient (Wildman–Crippen LogP) is 2.62. The maximum Gasteiger partial charge on any atom is 0.264 e. The van der Waals surface area contributed by atoms with Crippen LogP contribution in [0.1, 0.15) is 12.8 Å². The van der Waals surface area contributed by atoms with Gasteiger partial charge in [0.2, 0.25) is 15.9 Å². The van der Waals surface area contributed by atoms with Crippen LogP contribution in [0.5, 0.6) is 0 Å². The molecule has 8 nitrogen and oxygen atoms in total. The number of nitrogens with zero attached hydrogens (tertiary/aromatic N) is 2. The largest absolute Gasteiger partial charge is 0.326 e. The molecular weight excluding hydrogens is 435 g/mol. The minimum atomic E-state index is -3.72. The van der Waals surface area contributed by atoms with Crippen molar-refractivity contribution in [2.24, 2.45) is 5.92 Å². The molecule has 10 heteroatoms. The van der Waals surface area contributed by atoms with Crippen LogP contribution in [0.2, 0.25) is 0 Å². The van der Waals surface area contributed by atoms with Gasteiger partial charge in [-0.1, -0.05) is 12.1 Å². The van der Waals surface area contributed by atoms with Gasteiger partial charge in [-0.25, -0.2) is 17.9 Å². The van der Waals surface area contributed by atoms with Gasteiger partial charge in [0.05, 0.1) is 10.6 Å². The molecule has 0 radical (unpaired) electrons. The number of carbonyl (C=O) groups is 1. The summed E-state index contributed by atoms with van der Waals surface area (Å²) >= 11 is 0. The van der Waals surface area contributed by atoms with Crippen molar-refractivity contribution in [3.63, 3.8) is 0 Å². The highest BCUT2D eigenvalue weighted by Crippen LogP contribution is 2.26. The van der Waals surface area contributed by atoms with Gasteiger partial charge in [0.1, 0.15) is 5.82 Å². The lowest BCUT2D eigenvalue weighted by Gasteiger charge is -2.30. The summed E-state index contributed by atoms with van der Waals surface area (Å²) in [6, 6.07) is 14.8. The fraction of sp³-hybridized carbons (Fsp3) is 0.227. The molecule has 0 unspecified atom stereocenters. The Kier molecular flexibility index (Phi) is 6.15. The summed E-state index contributed by atoms with van der Waals surface area (Å²) < 4.78 is 39.9. The molecule has 2 heterocycles. The van der Waals surface area contributed by atoms with Gasteiger partial charge in [-0.05, 0) is 55.3 Å². The number of rotatable bonds is 5. The van der Waals surface area contributed by atoms with Crippen molar-refractivity contribution in [3.05, 3.63) is 76.8 Å². The maximum atomic E-state index is 13.1. The molecule has 166 valence electrons. The second-order valence-corrected chi connectivity index (χ2v) is 9.45. The number of piperidine rings is 1. The fourth-order valence-electron chi connectivity index (χ4n) is 3.62. The average molecular weight is 456 g/mol. The minimum Gasteiger partial charge on any atom is -0.326 e. The molecule has 1 fully saturated rings. The summed E-state index contributed by atoms with van der Waals surface area (Å²) in [6.45, 7) is 0.415. The summed E-state index contributed by atoms with van der Waals surface area (Å²) in [5.41, 5.74) is 1.59. The minimum absolute atomic E-state index is 0.0366. The van der Waals surface area contributed by atoms with Gasteiger partial charge in [0, 0.05) is 36.3 Å². The number of halogens is 1. The molecule has 1 aromatic heterocycles. The fourth-order valence-corrected chi connectivity index (χ4v) is 5.09. The van der Waals surface area contributed by atoms with E-state index in [1.165, 1.54) is 22.5 Å². The number of amides is 1. The number of hydrogen-bond donors (Lipinski definition) is 2. The van der Waals surface area contributed by atoms with Crippen molar-refractivity contribution < 1.29 is 17.6 Å². The Morgan fingerprint density at radius 3 is 2.44 bits per heavy atom. The number of aromatic amines is 1. The van der Waals surface area contributed by atoms with Gasteiger partial charge in [-0.15, -0.1) is 0 Å². The first-order chi connectivity index (χ1) is 15.3. The normalized spacial score (nSPS) is 15.4. The molecule has 1 saturated heterocycles. The second-order valence-electron chi connectivity index (χ2n) is 7.51. The Balaban J connectivity index is 1.39. The zero-order chi connectivity index (χ0) is 22.7. The molecule has 1 amide bonds. The van der Waals surface area contributed by atoms with Crippen LogP contribution in [0.15, 0.2) is 70.4 Å².